The number of imidazole rings is 1. The number of carbonyl (C=O) groups is 1. The molecule has 0 fully saturated rings. The number of likely N-dealkylation sites (N-methyl/N-ethyl adjacent to an activating group) is 1. The van der Waals surface area contributed by atoms with E-state index in [1.54, 1.807) is 13.1 Å². The van der Waals surface area contributed by atoms with E-state index < -0.39 is 5.97 Å². The molecule has 0 aliphatic carbocycles. The topological polar surface area (TPSA) is 61.6 Å². The van der Waals surface area contributed by atoms with Crippen LogP contribution in [0.3, 0.4) is 0 Å². The average molecular weight is 282 g/mol. The summed E-state index contributed by atoms with van der Waals surface area (Å²) in [7, 11) is 4.06. The van der Waals surface area contributed by atoms with Gasteiger partial charge in [0.15, 0.2) is 0 Å². The molecule has 1 aromatic rings. The number of carboxylic acids is 1. The van der Waals surface area contributed by atoms with Crippen LogP contribution >= 0.6 is 0 Å². The molecule has 20 heavy (non-hydrogen) atoms. The summed E-state index contributed by atoms with van der Waals surface area (Å²) in [6.07, 6.45) is 6.53. The van der Waals surface area contributed by atoms with Crippen molar-refractivity contribution in [2.24, 2.45) is 5.92 Å². The highest BCUT2D eigenvalue weighted by Gasteiger charge is 2.15. The zero-order chi connectivity index (χ0) is 15.0. The Bertz CT molecular complexity index is 379. The maximum absolute atomic E-state index is 11.0. The quantitative estimate of drug-likeness (QED) is 0.689. The number of hydrogen-bond acceptors (Lipinski definition) is 4. The number of aliphatic carboxylic acids is 1. The van der Waals surface area contributed by atoms with Crippen molar-refractivity contribution in [2.75, 3.05) is 40.3 Å². The van der Waals surface area contributed by atoms with Crippen molar-refractivity contribution >= 4 is 5.97 Å². The Morgan fingerprint density at radius 1 is 1.35 bits per heavy atom. The minimum atomic E-state index is -0.727. The first-order valence-corrected chi connectivity index (χ1v) is 7.04. The van der Waals surface area contributed by atoms with Crippen LogP contribution in [0.4, 0.5) is 0 Å². The molecule has 1 atom stereocenters. The smallest absolute Gasteiger partial charge is 0.307 e. The van der Waals surface area contributed by atoms with Gasteiger partial charge >= 0.3 is 5.97 Å². The van der Waals surface area contributed by atoms with E-state index in [4.69, 9.17) is 5.11 Å². The fourth-order valence-corrected chi connectivity index (χ4v) is 2.00. The normalized spacial score (nSPS) is 13.1. The van der Waals surface area contributed by atoms with E-state index in [-0.39, 0.29) is 5.92 Å². The molecule has 1 aromatic heterocycles. The van der Waals surface area contributed by atoms with Gasteiger partial charge in [-0.25, -0.2) is 4.98 Å². The van der Waals surface area contributed by atoms with Crippen LogP contribution in [-0.4, -0.2) is 70.7 Å². The highest BCUT2D eigenvalue weighted by molar-refractivity contribution is 5.69. The van der Waals surface area contributed by atoms with Crippen LogP contribution in [0.2, 0.25) is 0 Å². The van der Waals surface area contributed by atoms with Gasteiger partial charge in [0.1, 0.15) is 0 Å². The molecule has 0 radical (unpaired) electrons. The highest BCUT2D eigenvalue weighted by Crippen LogP contribution is 2.03. The second kappa shape index (κ2) is 8.71. The molecule has 0 bridgehead atoms. The maximum atomic E-state index is 11.0. The van der Waals surface area contributed by atoms with Gasteiger partial charge < -0.3 is 19.5 Å². The van der Waals surface area contributed by atoms with Gasteiger partial charge in [0.2, 0.25) is 0 Å². The zero-order valence-corrected chi connectivity index (χ0v) is 12.7. The van der Waals surface area contributed by atoms with Crippen molar-refractivity contribution in [1.29, 1.82) is 0 Å². The number of aryl methyl sites for hydroxylation is 1. The van der Waals surface area contributed by atoms with Gasteiger partial charge in [-0.2, -0.15) is 0 Å². The molecule has 0 amide bonds. The van der Waals surface area contributed by atoms with Crippen molar-refractivity contribution in [3.8, 4) is 0 Å². The maximum Gasteiger partial charge on any atom is 0.307 e. The SMILES string of the molecule is CC(CN(CCCn1ccnc1)CCN(C)C)C(=O)O. The van der Waals surface area contributed by atoms with Gasteiger partial charge in [-0.05, 0) is 27.1 Å². The van der Waals surface area contributed by atoms with E-state index >= 15 is 0 Å². The lowest BCUT2D eigenvalue weighted by atomic mass is 10.1. The van der Waals surface area contributed by atoms with E-state index in [1.165, 1.54) is 0 Å². The van der Waals surface area contributed by atoms with Crippen LogP contribution < -0.4 is 0 Å². The Morgan fingerprint density at radius 3 is 2.65 bits per heavy atom. The van der Waals surface area contributed by atoms with Gasteiger partial charge in [-0.1, -0.05) is 6.92 Å². The molecule has 0 aromatic carbocycles. The molecule has 114 valence electrons. The standard InChI is InChI=1S/C14H26N4O2/c1-13(14(19)20)11-17(10-9-16(2)3)6-4-7-18-8-5-15-12-18/h5,8,12-13H,4,6-7,9-11H2,1-3H3,(H,19,20). The first kappa shape index (κ1) is 16.7. The van der Waals surface area contributed by atoms with E-state index in [0.717, 1.165) is 32.6 Å². The minimum absolute atomic E-state index is 0.328. The molecule has 0 saturated carbocycles. The summed E-state index contributed by atoms with van der Waals surface area (Å²) < 4.78 is 2.05. The van der Waals surface area contributed by atoms with Crippen molar-refractivity contribution in [3.63, 3.8) is 0 Å². The van der Waals surface area contributed by atoms with Crippen LogP contribution in [-0.2, 0) is 11.3 Å². The third-order valence-electron chi connectivity index (χ3n) is 3.27. The van der Waals surface area contributed by atoms with Crippen LogP contribution in [0.5, 0.6) is 0 Å². The fraction of sp³-hybridized carbons (Fsp3) is 0.714. The largest absolute Gasteiger partial charge is 0.481 e. The lowest BCUT2D eigenvalue weighted by Gasteiger charge is -2.25. The molecular weight excluding hydrogens is 256 g/mol. The predicted octanol–water partition coefficient (Wildman–Crippen LogP) is 0.858. The average Bonchev–Trinajstić information content (AvgIpc) is 2.88. The first-order valence-electron chi connectivity index (χ1n) is 7.04. The monoisotopic (exact) mass is 282 g/mol. The van der Waals surface area contributed by atoms with Gasteiger partial charge in [0.25, 0.3) is 0 Å². The highest BCUT2D eigenvalue weighted by atomic mass is 16.4. The van der Waals surface area contributed by atoms with Crippen molar-refractivity contribution in [2.45, 2.75) is 19.9 Å². The molecule has 6 nitrogen and oxygen atoms in total. The van der Waals surface area contributed by atoms with E-state index in [2.05, 4.69) is 14.8 Å². The van der Waals surface area contributed by atoms with Crippen molar-refractivity contribution < 1.29 is 9.90 Å². The van der Waals surface area contributed by atoms with Gasteiger partial charge in [-0.15, -0.1) is 0 Å². The van der Waals surface area contributed by atoms with Crippen molar-refractivity contribution in [3.05, 3.63) is 18.7 Å². The predicted molar refractivity (Wildman–Crippen MR) is 78.6 cm³/mol. The number of aromatic nitrogens is 2. The van der Waals surface area contributed by atoms with E-state index in [1.807, 2.05) is 31.2 Å². The molecule has 1 heterocycles. The third-order valence-corrected chi connectivity index (χ3v) is 3.27. The first-order chi connectivity index (χ1) is 9.49. The molecular formula is C14H26N4O2. The van der Waals surface area contributed by atoms with Crippen molar-refractivity contribution in [1.82, 2.24) is 19.4 Å². The third kappa shape index (κ3) is 6.68. The zero-order valence-electron chi connectivity index (χ0n) is 12.7. The summed E-state index contributed by atoms with van der Waals surface area (Å²) in [6.45, 7) is 6.03. The summed E-state index contributed by atoms with van der Waals surface area (Å²) in [6, 6.07) is 0. The van der Waals surface area contributed by atoms with Crippen LogP contribution in [0.25, 0.3) is 0 Å². The summed E-state index contributed by atoms with van der Waals surface area (Å²) in [4.78, 5) is 19.4. The minimum Gasteiger partial charge on any atom is -0.481 e. The molecule has 6 heteroatoms. The lowest BCUT2D eigenvalue weighted by molar-refractivity contribution is -0.141. The summed E-state index contributed by atoms with van der Waals surface area (Å²) in [5.74, 6) is -1.06. The molecule has 1 unspecified atom stereocenters. The molecule has 1 rings (SSSR count). The second-order valence-corrected chi connectivity index (χ2v) is 5.50. The van der Waals surface area contributed by atoms with Crippen LogP contribution in [0.1, 0.15) is 13.3 Å². The lowest BCUT2D eigenvalue weighted by Crippen LogP contribution is -2.37. The summed E-state index contributed by atoms with van der Waals surface area (Å²) in [5.41, 5.74) is 0. The van der Waals surface area contributed by atoms with E-state index in [0.29, 0.717) is 6.54 Å². The van der Waals surface area contributed by atoms with Crippen LogP contribution in [0.15, 0.2) is 18.7 Å². The number of rotatable bonds is 10. The molecule has 0 saturated heterocycles. The Hall–Kier alpha value is -1.40. The second-order valence-electron chi connectivity index (χ2n) is 5.50. The summed E-state index contributed by atoms with van der Waals surface area (Å²) in [5, 5.41) is 9.03. The fourth-order valence-electron chi connectivity index (χ4n) is 2.00. The summed E-state index contributed by atoms with van der Waals surface area (Å²) >= 11 is 0. The number of nitrogens with zero attached hydrogens (tertiary/aromatic N) is 4. The Kier molecular flexibility index (Phi) is 7.25. The van der Waals surface area contributed by atoms with Crippen LogP contribution in [0, 0.1) is 5.92 Å². The molecule has 0 aliphatic heterocycles. The molecule has 1 N–H and O–H groups in total. The molecule has 0 spiro atoms. The number of hydrogen-bond donors (Lipinski definition) is 1. The Morgan fingerprint density at radius 2 is 2.10 bits per heavy atom. The number of carboxylic acid groups (broad SMARTS) is 1. The molecule has 0 aliphatic rings. The van der Waals surface area contributed by atoms with Gasteiger partial charge in [0.05, 0.1) is 12.2 Å². The Balaban J connectivity index is 2.38. The Labute approximate surface area is 121 Å². The van der Waals surface area contributed by atoms with Gasteiger partial charge in [-0.3, -0.25) is 4.79 Å². The van der Waals surface area contributed by atoms with E-state index in [9.17, 15) is 4.79 Å². The van der Waals surface area contributed by atoms with Gasteiger partial charge in [0, 0.05) is 38.6 Å².